The number of rotatable bonds is 4. The molecule has 4 nitrogen and oxygen atoms in total. The average Bonchev–Trinajstić information content (AvgIpc) is 2.40. The highest BCUT2D eigenvalue weighted by Crippen LogP contribution is 2.20. The van der Waals surface area contributed by atoms with Crippen molar-refractivity contribution in [3.8, 4) is 6.07 Å². The van der Waals surface area contributed by atoms with E-state index >= 15 is 0 Å². The van der Waals surface area contributed by atoms with Crippen LogP contribution in [0.2, 0.25) is 5.02 Å². The van der Waals surface area contributed by atoms with E-state index in [1.807, 2.05) is 0 Å². The minimum absolute atomic E-state index is 0.639. The summed E-state index contributed by atoms with van der Waals surface area (Å²) in [6, 6.07) is 7.45. The van der Waals surface area contributed by atoms with Crippen molar-refractivity contribution in [1.82, 2.24) is 10.2 Å². The molecule has 0 saturated carbocycles. The summed E-state index contributed by atoms with van der Waals surface area (Å²) in [6.07, 6.45) is 0. The van der Waals surface area contributed by atoms with Gasteiger partial charge in [-0.3, -0.25) is 4.90 Å². The first kappa shape index (κ1) is 13.2. The maximum atomic E-state index is 9.01. The van der Waals surface area contributed by atoms with Gasteiger partial charge in [-0.15, -0.1) is 0 Å². The maximum Gasteiger partial charge on any atom is 0.101 e. The quantitative estimate of drug-likeness (QED) is 0.866. The van der Waals surface area contributed by atoms with Gasteiger partial charge in [0, 0.05) is 44.3 Å². The molecule has 0 bridgehead atoms. The molecule has 2 N–H and O–H groups in total. The molecular formula is C13H17ClN4. The maximum absolute atomic E-state index is 9.01. The predicted octanol–water partition coefficient (Wildman–Crippen LogP) is 1.53. The van der Waals surface area contributed by atoms with E-state index in [1.165, 1.54) is 0 Å². The average molecular weight is 265 g/mol. The van der Waals surface area contributed by atoms with Crippen LogP contribution in [0.25, 0.3) is 0 Å². The van der Waals surface area contributed by atoms with Crippen LogP contribution in [-0.4, -0.2) is 44.2 Å². The van der Waals surface area contributed by atoms with Crippen LogP contribution in [-0.2, 0) is 0 Å². The summed E-state index contributed by atoms with van der Waals surface area (Å²) in [7, 11) is 0. The zero-order chi connectivity index (χ0) is 12.8. The molecule has 0 aromatic heterocycles. The van der Waals surface area contributed by atoms with Gasteiger partial charge in [-0.1, -0.05) is 11.6 Å². The van der Waals surface area contributed by atoms with Crippen LogP contribution in [0.5, 0.6) is 0 Å². The fraction of sp³-hybridized carbons (Fsp3) is 0.462. The molecule has 0 amide bonds. The molecule has 1 heterocycles. The highest BCUT2D eigenvalue weighted by Gasteiger charge is 2.09. The topological polar surface area (TPSA) is 51.1 Å². The van der Waals surface area contributed by atoms with E-state index in [1.54, 1.807) is 18.2 Å². The summed E-state index contributed by atoms with van der Waals surface area (Å²) < 4.78 is 0. The van der Waals surface area contributed by atoms with E-state index in [0.717, 1.165) is 45.0 Å². The summed E-state index contributed by atoms with van der Waals surface area (Å²) in [5.41, 5.74) is 1.46. The normalized spacial score (nSPS) is 16.2. The molecule has 1 aliphatic heterocycles. The summed E-state index contributed by atoms with van der Waals surface area (Å²) in [5.74, 6) is 0. The van der Waals surface area contributed by atoms with Crippen molar-refractivity contribution in [2.24, 2.45) is 0 Å². The molecule has 1 aliphatic rings. The number of piperazine rings is 1. The molecule has 0 unspecified atom stereocenters. The molecule has 18 heavy (non-hydrogen) atoms. The third-order valence-electron chi connectivity index (χ3n) is 3.06. The van der Waals surface area contributed by atoms with Gasteiger partial charge in [-0.2, -0.15) is 5.26 Å². The van der Waals surface area contributed by atoms with Crippen molar-refractivity contribution in [1.29, 1.82) is 5.26 Å². The zero-order valence-corrected chi connectivity index (χ0v) is 11.0. The molecule has 5 heteroatoms. The van der Waals surface area contributed by atoms with Crippen LogP contribution in [0.15, 0.2) is 18.2 Å². The lowest BCUT2D eigenvalue weighted by Crippen LogP contribution is -2.45. The smallest absolute Gasteiger partial charge is 0.101 e. The third kappa shape index (κ3) is 3.61. The van der Waals surface area contributed by atoms with Gasteiger partial charge >= 0.3 is 0 Å². The first-order valence-electron chi connectivity index (χ1n) is 6.16. The van der Waals surface area contributed by atoms with Crippen molar-refractivity contribution < 1.29 is 0 Å². The molecule has 0 atom stereocenters. The first-order chi connectivity index (χ1) is 8.79. The number of nitriles is 1. The van der Waals surface area contributed by atoms with Crippen LogP contribution >= 0.6 is 11.6 Å². The van der Waals surface area contributed by atoms with E-state index in [4.69, 9.17) is 16.9 Å². The third-order valence-corrected chi connectivity index (χ3v) is 3.29. The van der Waals surface area contributed by atoms with Crippen LogP contribution < -0.4 is 10.6 Å². The fourth-order valence-electron chi connectivity index (χ4n) is 2.04. The van der Waals surface area contributed by atoms with Crippen molar-refractivity contribution in [3.63, 3.8) is 0 Å². The van der Waals surface area contributed by atoms with Gasteiger partial charge in [0.2, 0.25) is 0 Å². The van der Waals surface area contributed by atoms with E-state index in [9.17, 15) is 0 Å². The molecule has 1 aromatic carbocycles. The highest BCUT2D eigenvalue weighted by atomic mass is 35.5. The van der Waals surface area contributed by atoms with Crippen molar-refractivity contribution >= 4 is 17.3 Å². The van der Waals surface area contributed by atoms with Crippen LogP contribution in [0, 0.1) is 11.3 Å². The van der Waals surface area contributed by atoms with E-state index in [0.29, 0.717) is 10.6 Å². The molecule has 0 radical (unpaired) electrons. The number of nitrogens with one attached hydrogen (secondary N) is 2. The van der Waals surface area contributed by atoms with Gasteiger partial charge in [0.05, 0.1) is 11.3 Å². The lowest BCUT2D eigenvalue weighted by atomic mass is 10.2. The Morgan fingerprint density at radius 3 is 2.89 bits per heavy atom. The van der Waals surface area contributed by atoms with Gasteiger partial charge in [-0.05, 0) is 18.2 Å². The summed E-state index contributed by atoms with van der Waals surface area (Å²) in [4.78, 5) is 2.40. The Labute approximate surface area is 113 Å². The minimum Gasteiger partial charge on any atom is -0.383 e. The van der Waals surface area contributed by atoms with E-state index < -0.39 is 0 Å². The molecule has 1 fully saturated rings. The van der Waals surface area contributed by atoms with Gasteiger partial charge in [0.25, 0.3) is 0 Å². The van der Waals surface area contributed by atoms with Gasteiger partial charge in [0.15, 0.2) is 0 Å². The molecule has 96 valence electrons. The Bertz CT molecular complexity index is 435. The second-order valence-electron chi connectivity index (χ2n) is 4.32. The Morgan fingerprint density at radius 1 is 1.39 bits per heavy atom. The largest absolute Gasteiger partial charge is 0.383 e. The Kier molecular flexibility index (Phi) is 4.82. The molecule has 1 aromatic rings. The van der Waals surface area contributed by atoms with E-state index in [-0.39, 0.29) is 0 Å². The van der Waals surface area contributed by atoms with Crippen LogP contribution in [0.3, 0.4) is 0 Å². The molecule has 2 rings (SSSR count). The standard InChI is InChI=1S/C13H17ClN4/c14-12-2-1-11(10-15)13(9-12)17-5-8-18-6-3-16-4-7-18/h1-2,9,16-17H,3-8H2. The van der Waals surface area contributed by atoms with Gasteiger partial charge in [0.1, 0.15) is 6.07 Å². The summed E-state index contributed by atoms with van der Waals surface area (Å²) >= 11 is 5.93. The Balaban J connectivity index is 1.86. The molecule has 1 saturated heterocycles. The summed E-state index contributed by atoms with van der Waals surface area (Å²) in [5, 5.41) is 16.3. The lowest BCUT2D eigenvalue weighted by molar-refractivity contribution is 0.249. The number of anilines is 1. The molecular weight excluding hydrogens is 248 g/mol. The van der Waals surface area contributed by atoms with Gasteiger partial charge in [-0.25, -0.2) is 0 Å². The predicted molar refractivity (Wildman–Crippen MR) is 74.0 cm³/mol. The highest BCUT2D eigenvalue weighted by molar-refractivity contribution is 6.30. The Hall–Kier alpha value is -1.28. The first-order valence-corrected chi connectivity index (χ1v) is 6.54. The second kappa shape index (κ2) is 6.60. The van der Waals surface area contributed by atoms with E-state index in [2.05, 4.69) is 21.6 Å². The van der Waals surface area contributed by atoms with Crippen molar-refractivity contribution in [2.45, 2.75) is 0 Å². The summed E-state index contributed by atoms with van der Waals surface area (Å²) in [6.45, 7) is 6.10. The number of hydrogen-bond acceptors (Lipinski definition) is 4. The lowest BCUT2D eigenvalue weighted by Gasteiger charge is -2.27. The number of hydrogen-bond donors (Lipinski definition) is 2. The number of halogens is 1. The van der Waals surface area contributed by atoms with Crippen LogP contribution in [0.1, 0.15) is 5.56 Å². The minimum atomic E-state index is 0.639. The van der Waals surface area contributed by atoms with Gasteiger partial charge < -0.3 is 10.6 Å². The SMILES string of the molecule is N#Cc1ccc(Cl)cc1NCCN1CCNCC1. The molecule has 0 spiro atoms. The monoisotopic (exact) mass is 264 g/mol. The Morgan fingerprint density at radius 2 is 2.17 bits per heavy atom. The fourth-order valence-corrected chi connectivity index (χ4v) is 2.22. The zero-order valence-electron chi connectivity index (χ0n) is 10.2. The number of nitrogens with zero attached hydrogens (tertiary/aromatic N) is 2. The number of benzene rings is 1. The van der Waals surface area contributed by atoms with Crippen LogP contribution in [0.4, 0.5) is 5.69 Å². The van der Waals surface area contributed by atoms with Crippen molar-refractivity contribution in [3.05, 3.63) is 28.8 Å². The second-order valence-corrected chi connectivity index (χ2v) is 4.76. The van der Waals surface area contributed by atoms with Crippen molar-refractivity contribution in [2.75, 3.05) is 44.6 Å². The molecule has 0 aliphatic carbocycles.